The largest absolute Gasteiger partial charge is 0.324 e. The summed E-state index contributed by atoms with van der Waals surface area (Å²) in [6.07, 6.45) is 5.57. The molecule has 3 heterocycles. The summed E-state index contributed by atoms with van der Waals surface area (Å²) >= 11 is 6.44. The van der Waals surface area contributed by atoms with E-state index >= 15 is 0 Å². The molecule has 0 fully saturated rings. The van der Waals surface area contributed by atoms with E-state index in [0.717, 1.165) is 52.1 Å². The van der Waals surface area contributed by atoms with Crippen molar-refractivity contribution < 1.29 is 0 Å². The van der Waals surface area contributed by atoms with E-state index in [0.29, 0.717) is 5.15 Å². The van der Waals surface area contributed by atoms with Gasteiger partial charge in [0.1, 0.15) is 5.69 Å². The number of aromatic nitrogens is 5. The highest BCUT2D eigenvalue weighted by molar-refractivity contribution is 6.29. The van der Waals surface area contributed by atoms with Gasteiger partial charge in [-0.15, -0.1) is 0 Å². The molecule has 1 aliphatic carbocycles. The third-order valence-electron chi connectivity index (χ3n) is 5.95. The number of halogens is 1. The number of H-pyrrole nitrogens is 1. The Morgan fingerprint density at radius 3 is 2.61 bits per heavy atom. The average Bonchev–Trinajstić information content (AvgIpc) is 3.59. The number of aromatic amines is 1. The lowest BCUT2D eigenvalue weighted by atomic mass is 10.0. The fraction of sp³-hybridized carbons (Fsp3) is 0.192. The highest BCUT2D eigenvalue weighted by atomic mass is 35.5. The van der Waals surface area contributed by atoms with Crippen LogP contribution in [0.15, 0.2) is 67.0 Å². The summed E-state index contributed by atoms with van der Waals surface area (Å²) in [6, 6.07) is 18.6. The van der Waals surface area contributed by atoms with E-state index in [1.54, 1.807) is 6.20 Å². The third kappa shape index (κ3) is 3.71. The minimum atomic E-state index is 0.117. The van der Waals surface area contributed by atoms with Gasteiger partial charge in [-0.25, -0.2) is 9.50 Å². The van der Waals surface area contributed by atoms with Crippen molar-refractivity contribution in [2.45, 2.75) is 32.7 Å². The molecule has 1 aliphatic rings. The van der Waals surface area contributed by atoms with Crippen LogP contribution in [0.25, 0.3) is 39.3 Å². The van der Waals surface area contributed by atoms with Crippen LogP contribution >= 0.6 is 11.6 Å². The molecule has 0 radical (unpaired) electrons. The number of imidazole rings is 1. The van der Waals surface area contributed by atoms with E-state index in [1.807, 2.05) is 48.8 Å². The van der Waals surface area contributed by atoms with Crippen molar-refractivity contribution in [3.63, 3.8) is 0 Å². The molecule has 3 N–H and O–H groups in total. The SMILES string of the molecule is CC.NC1CCc2cc(-c3nc4c(-c5cn[nH]c5)cc(Cl)nn4c3-c3ccccc3)ccc21. The molecule has 166 valence electrons. The Morgan fingerprint density at radius 2 is 1.85 bits per heavy atom. The Labute approximate surface area is 197 Å². The maximum atomic E-state index is 6.44. The fourth-order valence-corrected chi connectivity index (χ4v) is 4.64. The molecule has 0 bridgehead atoms. The predicted molar refractivity (Wildman–Crippen MR) is 133 cm³/mol. The summed E-state index contributed by atoms with van der Waals surface area (Å²) in [4.78, 5) is 5.07. The standard InChI is InChI=1S/C24H19ClN6.C2H6/c25-21-11-19(17-12-27-28-13-17)24-29-22(16-6-8-18-15(10-16)7-9-20(18)26)23(31(24)30-21)14-4-2-1-3-5-14;1-2/h1-6,8,10-13,20H,7,9,26H2,(H,27,28);1-2H3. The van der Waals surface area contributed by atoms with Crippen LogP contribution in [0.2, 0.25) is 5.15 Å². The van der Waals surface area contributed by atoms with Crippen molar-refractivity contribution in [2.24, 2.45) is 5.73 Å². The summed E-state index contributed by atoms with van der Waals surface area (Å²) in [5.41, 5.74) is 15.1. The molecule has 33 heavy (non-hydrogen) atoms. The Kier molecular flexibility index (Phi) is 5.70. The number of benzene rings is 2. The topological polar surface area (TPSA) is 84.9 Å². The van der Waals surface area contributed by atoms with Crippen molar-refractivity contribution in [3.05, 3.63) is 83.3 Å². The highest BCUT2D eigenvalue weighted by Gasteiger charge is 2.24. The monoisotopic (exact) mass is 456 g/mol. The van der Waals surface area contributed by atoms with Gasteiger partial charge in [0.05, 0.1) is 11.9 Å². The van der Waals surface area contributed by atoms with Gasteiger partial charge in [-0.2, -0.15) is 10.2 Å². The van der Waals surface area contributed by atoms with Crippen molar-refractivity contribution in [3.8, 4) is 33.6 Å². The van der Waals surface area contributed by atoms with Crippen LogP contribution in [0.4, 0.5) is 0 Å². The van der Waals surface area contributed by atoms with E-state index in [2.05, 4.69) is 45.6 Å². The lowest BCUT2D eigenvalue weighted by molar-refractivity contribution is 0.713. The Balaban J connectivity index is 0.00000111. The number of rotatable bonds is 3. The predicted octanol–water partition coefficient (Wildman–Crippen LogP) is 6.08. The Morgan fingerprint density at radius 1 is 1.03 bits per heavy atom. The first-order valence-electron chi connectivity index (χ1n) is 11.2. The number of hydrogen-bond acceptors (Lipinski definition) is 4. The zero-order chi connectivity index (χ0) is 22.9. The number of fused-ring (bicyclic) bond motifs is 2. The van der Waals surface area contributed by atoms with E-state index in [-0.39, 0.29) is 6.04 Å². The smallest absolute Gasteiger partial charge is 0.162 e. The third-order valence-corrected chi connectivity index (χ3v) is 6.14. The molecule has 7 heteroatoms. The molecule has 0 spiro atoms. The summed E-state index contributed by atoms with van der Waals surface area (Å²) in [6.45, 7) is 4.00. The van der Waals surface area contributed by atoms with Gasteiger partial charge in [-0.3, -0.25) is 5.10 Å². The van der Waals surface area contributed by atoms with E-state index < -0.39 is 0 Å². The second-order valence-corrected chi connectivity index (χ2v) is 8.22. The minimum absolute atomic E-state index is 0.117. The van der Waals surface area contributed by atoms with Crippen molar-refractivity contribution in [1.82, 2.24) is 24.8 Å². The van der Waals surface area contributed by atoms with Gasteiger partial charge in [0.15, 0.2) is 10.8 Å². The molecule has 6 rings (SSSR count). The lowest BCUT2D eigenvalue weighted by Gasteiger charge is -2.08. The molecule has 2 aromatic carbocycles. The Hall–Kier alpha value is -3.48. The molecule has 5 aromatic rings. The maximum Gasteiger partial charge on any atom is 0.162 e. The average molecular weight is 457 g/mol. The molecule has 0 saturated heterocycles. The van der Waals surface area contributed by atoms with Gasteiger partial charge < -0.3 is 5.73 Å². The summed E-state index contributed by atoms with van der Waals surface area (Å²) in [5, 5.41) is 12.0. The maximum absolute atomic E-state index is 6.44. The second-order valence-electron chi connectivity index (χ2n) is 7.84. The van der Waals surface area contributed by atoms with Gasteiger partial charge in [0.2, 0.25) is 0 Å². The summed E-state index contributed by atoms with van der Waals surface area (Å²) in [7, 11) is 0. The van der Waals surface area contributed by atoms with Gasteiger partial charge in [0, 0.05) is 34.5 Å². The molecule has 1 unspecified atom stereocenters. The van der Waals surface area contributed by atoms with Crippen molar-refractivity contribution in [1.29, 1.82) is 0 Å². The highest BCUT2D eigenvalue weighted by Crippen LogP contribution is 2.38. The molecule has 0 saturated carbocycles. The van der Waals surface area contributed by atoms with Crippen LogP contribution in [-0.4, -0.2) is 24.8 Å². The van der Waals surface area contributed by atoms with Crippen LogP contribution in [0.3, 0.4) is 0 Å². The van der Waals surface area contributed by atoms with Crippen LogP contribution < -0.4 is 5.73 Å². The number of nitrogens with zero attached hydrogens (tertiary/aromatic N) is 4. The number of nitrogens with two attached hydrogens (primary N) is 1. The van der Waals surface area contributed by atoms with Gasteiger partial charge in [-0.05, 0) is 36.1 Å². The molecule has 0 aliphatic heterocycles. The fourth-order valence-electron chi connectivity index (χ4n) is 4.46. The number of aryl methyl sites for hydroxylation is 1. The van der Waals surface area contributed by atoms with E-state index in [9.17, 15) is 0 Å². The molecular weight excluding hydrogens is 432 g/mol. The first-order valence-corrected chi connectivity index (χ1v) is 11.6. The van der Waals surface area contributed by atoms with Crippen LogP contribution in [-0.2, 0) is 6.42 Å². The van der Waals surface area contributed by atoms with Crippen LogP contribution in [0.1, 0.15) is 37.4 Å². The zero-order valence-electron chi connectivity index (χ0n) is 18.6. The molecule has 0 amide bonds. The quantitative estimate of drug-likeness (QED) is 0.344. The summed E-state index contributed by atoms with van der Waals surface area (Å²) in [5.74, 6) is 0. The van der Waals surface area contributed by atoms with E-state index in [4.69, 9.17) is 22.3 Å². The minimum Gasteiger partial charge on any atom is -0.324 e. The van der Waals surface area contributed by atoms with Crippen molar-refractivity contribution >= 4 is 17.2 Å². The van der Waals surface area contributed by atoms with Gasteiger partial charge >= 0.3 is 0 Å². The van der Waals surface area contributed by atoms with Crippen LogP contribution in [0.5, 0.6) is 0 Å². The van der Waals surface area contributed by atoms with Crippen molar-refractivity contribution in [2.75, 3.05) is 0 Å². The van der Waals surface area contributed by atoms with E-state index in [1.165, 1.54) is 11.1 Å². The number of nitrogens with one attached hydrogen (secondary N) is 1. The molecular formula is C26H25ClN6. The molecule has 1 atom stereocenters. The first-order chi connectivity index (χ1) is 16.2. The normalized spacial score (nSPS) is 14.7. The molecule has 3 aromatic heterocycles. The number of hydrogen-bond donors (Lipinski definition) is 2. The second kappa shape index (κ2) is 8.81. The summed E-state index contributed by atoms with van der Waals surface area (Å²) < 4.78 is 1.84. The Bertz CT molecular complexity index is 1410. The first kappa shape index (κ1) is 21.4. The lowest BCUT2D eigenvalue weighted by Crippen LogP contribution is -2.04. The van der Waals surface area contributed by atoms with Gasteiger partial charge in [0.25, 0.3) is 0 Å². The zero-order valence-corrected chi connectivity index (χ0v) is 19.3. The van der Waals surface area contributed by atoms with Gasteiger partial charge in [-0.1, -0.05) is 67.9 Å². The molecule has 6 nitrogen and oxygen atoms in total. The van der Waals surface area contributed by atoms with Crippen LogP contribution in [0, 0.1) is 0 Å².